The fourth-order valence-electron chi connectivity index (χ4n) is 2.29. The van der Waals surface area contributed by atoms with E-state index in [1.165, 1.54) is 6.92 Å². The smallest absolute Gasteiger partial charge is 0.303 e. The summed E-state index contributed by atoms with van der Waals surface area (Å²) in [5.41, 5.74) is 1.23. The van der Waals surface area contributed by atoms with Crippen LogP contribution in [0.15, 0.2) is 11.6 Å². The molecular weight excluding hydrogens is 188 g/mol. The first kappa shape index (κ1) is 12.3. The van der Waals surface area contributed by atoms with E-state index in [4.69, 9.17) is 4.74 Å². The maximum absolute atomic E-state index is 11.0. The molecule has 0 aromatic heterocycles. The first-order valence-corrected chi connectivity index (χ1v) is 5.83. The topological polar surface area (TPSA) is 26.3 Å². The van der Waals surface area contributed by atoms with Crippen LogP contribution in [0.2, 0.25) is 0 Å². The van der Waals surface area contributed by atoms with Gasteiger partial charge in [-0.3, -0.25) is 4.79 Å². The fraction of sp³-hybridized carbons (Fsp3) is 0.769. The molecule has 1 atom stereocenters. The minimum absolute atomic E-state index is 0.176. The lowest BCUT2D eigenvalue weighted by atomic mass is 9.79. The van der Waals surface area contributed by atoms with Gasteiger partial charge >= 0.3 is 5.97 Å². The molecule has 1 aliphatic rings. The third-order valence-electron chi connectivity index (χ3n) is 3.35. The van der Waals surface area contributed by atoms with Crippen LogP contribution >= 0.6 is 0 Å². The van der Waals surface area contributed by atoms with Gasteiger partial charge in [-0.1, -0.05) is 18.6 Å². The normalized spacial score (nSPS) is 22.1. The molecule has 0 aromatic carbocycles. The largest absolute Gasteiger partial charge is 0.460 e. The van der Waals surface area contributed by atoms with Crippen molar-refractivity contribution < 1.29 is 9.53 Å². The van der Waals surface area contributed by atoms with E-state index in [0.29, 0.717) is 5.92 Å². The molecule has 1 rings (SSSR count). The summed E-state index contributed by atoms with van der Waals surface area (Å²) in [6.45, 7) is 7.72. The molecule has 86 valence electrons. The lowest BCUT2D eigenvalue weighted by Crippen LogP contribution is -2.36. The molecule has 1 aliphatic carbocycles. The first-order chi connectivity index (χ1) is 6.95. The molecule has 0 amide bonds. The summed E-state index contributed by atoms with van der Waals surface area (Å²) in [5, 5.41) is 0. The van der Waals surface area contributed by atoms with Gasteiger partial charge in [0.1, 0.15) is 5.60 Å². The Kier molecular flexibility index (Phi) is 3.95. The summed E-state index contributed by atoms with van der Waals surface area (Å²) in [4.78, 5) is 11.0. The molecule has 0 bridgehead atoms. The third-order valence-corrected chi connectivity index (χ3v) is 3.35. The average Bonchev–Trinajstić information content (AvgIpc) is 2.16. The SMILES string of the molecule is CCC1=CC[C@@H](C(C)(C)OC(C)=O)CC1. The van der Waals surface area contributed by atoms with E-state index in [2.05, 4.69) is 13.0 Å². The summed E-state index contributed by atoms with van der Waals surface area (Å²) in [5.74, 6) is 0.293. The van der Waals surface area contributed by atoms with E-state index in [9.17, 15) is 4.79 Å². The Morgan fingerprint density at radius 2 is 2.27 bits per heavy atom. The minimum atomic E-state index is -0.318. The quantitative estimate of drug-likeness (QED) is 0.526. The van der Waals surface area contributed by atoms with Crippen LogP contribution in [-0.2, 0) is 9.53 Å². The summed E-state index contributed by atoms with van der Waals surface area (Å²) >= 11 is 0. The second-order valence-electron chi connectivity index (χ2n) is 4.88. The van der Waals surface area contributed by atoms with E-state index in [0.717, 1.165) is 25.7 Å². The zero-order valence-electron chi connectivity index (χ0n) is 10.3. The third kappa shape index (κ3) is 3.37. The van der Waals surface area contributed by atoms with Crippen molar-refractivity contribution in [1.82, 2.24) is 0 Å². The van der Waals surface area contributed by atoms with E-state index in [-0.39, 0.29) is 11.6 Å². The number of ether oxygens (including phenoxy) is 1. The molecule has 0 heterocycles. The van der Waals surface area contributed by atoms with Crippen LogP contribution in [0, 0.1) is 5.92 Å². The summed E-state index contributed by atoms with van der Waals surface area (Å²) < 4.78 is 5.38. The van der Waals surface area contributed by atoms with Gasteiger partial charge in [0.15, 0.2) is 0 Å². The Morgan fingerprint density at radius 1 is 1.60 bits per heavy atom. The van der Waals surface area contributed by atoms with Crippen molar-refractivity contribution in [2.24, 2.45) is 5.92 Å². The van der Waals surface area contributed by atoms with Crippen LogP contribution < -0.4 is 0 Å². The molecule has 0 N–H and O–H groups in total. The lowest BCUT2D eigenvalue weighted by molar-refractivity contribution is -0.159. The molecule has 0 radical (unpaired) electrons. The summed E-state index contributed by atoms with van der Waals surface area (Å²) in [6, 6.07) is 0. The zero-order chi connectivity index (χ0) is 11.5. The van der Waals surface area contributed by atoms with Gasteiger partial charge in [0.05, 0.1) is 0 Å². The Hall–Kier alpha value is -0.790. The number of rotatable bonds is 3. The van der Waals surface area contributed by atoms with Crippen molar-refractivity contribution in [3.8, 4) is 0 Å². The number of esters is 1. The van der Waals surface area contributed by atoms with Gasteiger partial charge in [-0.2, -0.15) is 0 Å². The molecule has 2 nitrogen and oxygen atoms in total. The second-order valence-corrected chi connectivity index (χ2v) is 4.88. The Balaban J connectivity index is 2.59. The maximum atomic E-state index is 11.0. The monoisotopic (exact) mass is 210 g/mol. The van der Waals surface area contributed by atoms with Crippen molar-refractivity contribution in [2.45, 2.75) is 59.0 Å². The molecular formula is C13H22O2. The van der Waals surface area contributed by atoms with Gasteiger partial charge in [0.25, 0.3) is 0 Å². The van der Waals surface area contributed by atoms with Crippen LogP contribution in [0.25, 0.3) is 0 Å². The number of allylic oxidation sites excluding steroid dienone is 2. The number of hydrogen-bond donors (Lipinski definition) is 0. The van der Waals surface area contributed by atoms with Crippen molar-refractivity contribution in [2.75, 3.05) is 0 Å². The number of carbonyl (C=O) groups is 1. The molecule has 0 fully saturated rings. The van der Waals surface area contributed by atoms with Gasteiger partial charge in [0, 0.05) is 12.8 Å². The molecule has 2 heteroatoms. The molecule has 0 aliphatic heterocycles. The Labute approximate surface area is 92.7 Å². The first-order valence-electron chi connectivity index (χ1n) is 5.83. The van der Waals surface area contributed by atoms with Gasteiger partial charge in [0.2, 0.25) is 0 Å². The Bertz CT molecular complexity index is 264. The van der Waals surface area contributed by atoms with Crippen molar-refractivity contribution >= 4 is 5.97 Å². The second kappa shape index (κ2) is 4.82. The summed E-state index contributed by atoms with van der Waals surface area (Å²) in [7, 11) is 0. The van der Waals surface area contributed by atoms with Gasteiger partial charge < -0.3 is 4.74 Å². The highest BCUT2D eigenvalue weighted by Crippen LogP contribution is 2.34. The highest BCUT2D eigenvalue weighted by atomic mass is 16.6. The predicted molar refractivity (Wildman–Crippen MR) is 61.6 cm³/mol. The van der Waals surface area contributed by atoms with E-state index in [1.54, 1.807) is 5.57 Å². The molecule has 0 saturated heterocycles. The molecule has 0 aromatic rings. The van der Waals surface area contributed by atoms with E-state index >= 15 is 0 Å². The number of carbonyl (C=O) groups excluding carboxylic acids is 1. The zero-order valence-corrected chi connectivity index (χ0v) is 10.3. The standard InChI is InChI=1S/C13H22O2/c1-5-11-6-8-12(9-7-11)13(3,4)15-10(2)14/h6,12H,5,7-9H2,1-4H3/t12-/m1/s1. The maximum Gasteiger partial charge on any atom is 0.303 e. The van der Waals surface area contributed by atoms with Gasteiger partial charge in [-0.05, 0) is 39.5 Å². The fourth-order valence-corrected chi connectivity index (χ4v) is 2.29. The highest BCUT2D eigenvalue weighted by molar-refractivity contribution is 5.66. The van der Waals surface area contributed by atoms with Crippen LogP contribution in [0.5, 0.6) is 0 Å². The molecule has 0 spiro atoms. The van der Waals surface area contributed by atoms with Crippen LogP contribution in [0.3, 0.4) is 0 Å². The Morgan fingerprint density at radius 3 is 2.67 bits per heavy atom. The number of hydrogen-bond acceptors (Lipinski definition) is 2. The molecule has 15 heavy (non-hydrogen) atoms. The molecule has 0 unspecified atom stereocenters. The minimum Gasteiger partial charge on any atom is -0.460 e. The van der Waals surface area contributed by atoms with Gasteiger partial charge in [-0.25, -0.2) is 0 Å². The van der Waals surface area contributed by atoms with Crippen LogP contribution in [0.4, 0.5) is 0 Å². The lowest BCUT2D eigenvalue weighted by Gasteiger charge is -2.35. The van der Waals surface area contributed by atoms with E-state index in [1.807, 2.05) is 13.8 Å². The van der Waals surface area contributed by atoms with Crippen molar-refractivity contribution in [3.63, 3.8) is 0 Å². The summed E-state index contributed by atoms with van der Waals surface area (Å²) in [6.07, 6.45) is 6.81. The highest BCUT2D eigenvalue weighted by Gasteiger charge is 2.32. The van der Waals surface area contributed by atoms with E-state index < -0.39 is 0 Å². The predicted octanol–water partition coefficient (Wildman–Crippen LogP) is 3.46. The molecule has 0 saturated carbocycles. The van der Waals surface area contributed by atoms with Crippen LogP contribution in [0.1, 0.15) is 53.4 Å². The average molecular weight is 210 g/mol. The van der Waals surface area contributed by atoms with Crippen molar-refractivity contribution in [3.05, 3.63) is 11.6 Å². The van der Waals surface area contributed by atoms with Crippen molar-refractivity contribution in [1.29, 1.82) is 0 Å². The van der Waals surface area contributed by atoms with Gasteiger partial charge in [-0.15, -0.1) is 0 Å². The van der Waals surface area contributed by atoms with Crippen LogP contribution in [-0.4, -0.2) is 11.6 Å².